The number of hydrogen-bond donors (Lipinski definition) is 2. The zero-order valence-corrected chi connectivity index (χ0v) is 12.7. The number of thiocarbonyl (C=S) groups is 1. The normalized spacial score (nSPS) is 11.8. The fraction of sp³-hybridized carbons (Fsp3) is 0.188. The van der Waals surface area contributed by atoms with Gasteiger partial charge in [-0.3, -0.25) is 0 Å². The summed E-state index contributed by atoms with van der Waals surface area (Å²) in [6, 6.07) is 9.50. The number of nitrogens with one attached hydrogen (secondary N) is 2. The van der Waals surface area contributed by atoms with Gasteiger partial charge in [-0.2, -0.15) is 0 Å². The van der Waals surface area contributed by atoms with Gasteiger partial charge in [0, 0.05) is 6.54 Å². The van der Waals surface area contributed by atoms with Crippen molar-refractivity contribution in [3.05, 3.63) is 71.0 Å². The first-order chi connectivity index (χ1) is 10.5. The zero-order chi connectivity index (χ0) is 16.1. The van der Waals surface area contributed by atoms with Crippen molar-refractivity contribution in [2.24, 2.45) is 0 Å². The first-order valence-corrected chi connectivity index (χ1v) is 7.10. The molecule has 0 spiro atoms. The Bertz CT molecular complexity index is 659. The zero-order valence-electron chi connectivity index (χ0n) is 11.9. The molecule has 116 valence electrons. The minimum absolute atomic E-state index is 0.275. The van der Waals surface area contributed by atoms with Gasteiger partial charge in [0.05, 0.1) is 6.04 Å². The summed E-state index contributed by atoms with van der Waals surface area (Å²) in [6.45, 7) is 2.23. The topological polar surface area (TPSA) is 24.1 Å². The van der Waals surface area contributed by atoms with E-state index in [1.54, 1.807) is 19.1 Å². The Balaban J connectivity index is 1.88. The van der Waals surface area contributed by atoms with Crippen molar-refractivity contribution in [2.45, 2.75) is 19.5 Å². The van der Waals surface area contributed by atoms with Crippen LogP contribution in [0.4, 0.5) is 13.2 Å². The minimum atomic E-state index is -0.892. The van der Waals surface area contributed by atoms with Crippen molar-refractivity contribution in [1.82, 2.24) is 10.6 Å². The molecule has 2 nitrogen and oxygen atoms in total. The molecule has 0 aliphatic rings. The van der Waals surface area contributed by atoms with Crippen LogP contribution in [0, 0.1) is 17.5 Å². The molecule has 0 unspecified atom stereocenters. The molecule has 0 saturated heterocycles. The van der Waals surface area contributed by atoms with Crippen LogP contribution in [0.25, 0.3) is 0 Å². The van der Waals surface area contributed by atoms with Gasteiger partial charge >= 0.3 is 0 Å². The van der Waals surface area contributed by atoms with Gasteiger partial charge in [-0.1, -0.05) is 18.2 Å². The van der Waals surface area contributed by atoms with Crippen molar-refractivity contribution in [2.75, 3.05) is 0 Å². The van der Waals surface area contributed by atoms with Crippen LogP contribution in [0.1, 0.15) is 24.1 Å². The van der Waals surface area contributed by atoms with E-state index in [1.165, 1.54) is 18.2 Å². The van der Waals surface area contributed by atoms with Crippen molar-refractivity contribution in [3.63, 3.8) is 0 Å². The lowest BCUT2D eigenvalue weighted by Gasteiger charge is -2.17. The van der Waals surface area contributed by atoms with E-state index in [2.05, 4.69) is 10.6 Å². The van der Waals surface area contributed by atoms with Crippen LogP contribution >= 0.6 is 12.2 Å². The summed E-state index contributed by atoms with van der Waals surface area (Å²) in [5.74, 6) is -2.07. The van der Waals surface area contributed by atoms with Crippen molar-refractivity contribution < 1.29 is 13.2 Å². The largest absolute Gasteiger partial charge is 0.359 e. The predicted molar refractivity (Wildman–Crippen MR) is 83.7 cm³/mol. The maximum atomic E-state index is 13.2. The number of hydrogen-bond acceptors (Lipinski definition) is 1. The van der Waals surface area contributed by atoms with Gasteiger partial charge in [0.25, 0.3) is 0 Å². The third-order valence-electron chi connectivity index (χ3n) is 3.16. The van der Waals surface area contributed by atoms with Crippen LogP contribution in [0.15, 0.2) is 42.5 Å². The van der Waals surface area contributed by atoms with E-state index in [9.17, 15) is 13.2 Å². The van der Waals surface area contributed by atoms with Gasteiger partial charge in [-0.15, -0.1) is 0 Å². The highest BCUT2D eigenvalue weighted by Crippen LogP contribution is 2.15. The van der Waals surface area contributed by atoms with Crippen LogP contribution < -0.4 is 10.6 Å². The van der Waals surface area contributed by atoms with E-state index >= 15 is 0 Å². The fourth-order valence-corrected chi connectivity index (χ4v) is 2.15. The second-order valence-electron chi connectivity index (χ2n) is 4.85. The molecule has 0 aromatic heterocycles. The Morgan fingerprint density at radius 1 is 1.05 bits per heavy atom. The highest BCUT2D eigenvalue weighted by molar-refractivity contribution is 7.80. The molecule has 0 saturated carbocycles. The van der Waals surface area contributed by atoms with Gasteiger partial charge in [0.15, 0.2) is 16.7 Å². The summed E-state index contributed by atoms with van der Waals surface area (Å²) in [6.07, 6.45) is 0. The monoisotopic (exact) mass is 324 g/mol. The van der Waals surface area contributed by atoms with E-state index in [0.717, 1.165) is 17.7 Å². The number of halogens is 3. The Hall–Kier alpha value is -2.08. The summed E-state index contributed by atoms with van der Waals surface area (Å²) >= 11 is 5.15. The third-order valence-corrected chi connectivity index (χ3v) is 3.42. The van der Waals surface area contributed by atoms with Crippen LogP contribution in [0.2, 0.25) is 0 Å². The molecule has 0 aliphatic heterocycles. The van der Waals surface area contributed by atoms with Gasteiger partial charge in [0.2, 0.25) is 0 Å². The smallest absolute Gasteiger partial charge is 0.167 e. The first-order valence-electron chi connectivity index (χ1n) is 6.69. The molecule has 22 heavy (non-hydrogen) atoms. The van der Waals surface area contributed by atoms with Gasteiger partial charge < -0.3 is 10.6 Å². The first kappa shape index (κ1) is 16.3. The number of rotatable bonds is 4. The molecule has 0 bridgehead atoms. The van der Waals surface area contributed by atoms with E-state index < -0.39 is 11.6 Å². The second kappa shape index (κ2) is 7.26. The molecule has 0 amide bonds. The van der Waals surface area contributed by atoms with Crippen molar-refractivity contribution in [1.29, 1.82) is 0 Å². The summed E-state index contributed by atoms with van der Waals surface area (Å²) in [5, 5.41) is 6.33. The number of benzene rings is 2. The van der Waals surface area contributed by atoms with Gasteiger partial charge in [-0.25, -0.2) is 13.2 Å². The molecule has 0 heterocycles. The standard InChI is InChI=1S/C16H15F3N2S/c1-10(12-4-7-14(18)15(19)8-12)21-16(22)20-9-11-2-5-13(17)6-3-11/h2-8,10H,9H2,1H3,(H2,20,21,22)/t10-/m1/s1. The van der Waals surface area contributed by atoms with Gasteiger partial charge in [-0.05, 0) is 54.5 Å². The fourth-order valence-electron chi connectivity index (χ4n) is 1.90. The highest BCUT2D eigenvalue weighted by Gasteiger charge is 2.10. The summed E-state index contributed by atoms with van der Waals surface area (Å²) in [4.78, 5) is 0. The summed E-state index contributed by atoms with van der Waals surface area (Å²) in [5.41, 5.74) is 1.47. The van der Waals surface area contributed by atoms with E-state index in [-0.39, 0.29) is 11.9 Å². The SMILES string of the molecule is C[C@@H](NC(=S)NCc1ccc(F)cc1)c1ccc(F)c(F)c1. The molecule has 0 fully saturated rings. The molecule has 2 aromatic carbocycles. The van der Waals surface area contributed by atoms with Gasteiger partial charge in [0.1, 0.15) is 5.82 Å². The van der Waals surface area contributed by atoms with E-state index in [0.29, 0.717) is 17.2 Å². The Morgan fingerprint density at radius 3 is 2.36 bits per heavy atom. The molecule has 0 aliphatic carbocycles. The maximum absolute atomic E-state index is 13.2. The Labute approximate surface area is 132 Å². The average Bonchev–Trinajstić information content (AvgIpc) is 2.49. The Kier molecular flexibility index (Phi) is 5.38. The molecule has 2 rings (SSSR count). The molecule has 2 aromatic rings. The summed E-state index contributed by atoms with van der Waals surface area (Å²) < 4.78 is 38.9. The molecular weight excluding hydrogens is 309 g/mol. The van der Waals surface area contributed by atoms with E-state index in [1.807, 2.05) is 0 Å². The lowest BCUT2D eigenvalue weighted by atomic mass is 10.1. The molecule has 2 N–H and O–H groups in total. The third kappa shape index (κ3) is 4.46. The van der Waals surface area contributed by atoms with Crippen LogP contribution in [-0.2, 0) is 6.54 Å². The van der Waals surface area contributed by atoms with Crippen LogP contribution in [-0.4, -0.2) is 5.11 Å². The minimum Gasteiger partial charge on any atom is -0.359 e. The molecule has 1 atom stereocenters. The highest BCUT2D eigenvalue weighted by atomic mass is 32.1. The molecule has 6 heteroatoms. The molecule has 0 radical (unpaired) electrons. The quantitative estimate of drug-likeness (QED) is 0.836. The van der Waals surface area contributed by atoms with Crippen molar-refractivity contribution in [3.8, 4) is 0 Å². The van der Waals surface area contributed by atoms with Crippen molar-refractivity contribution >= 4 is 17.3 Å². The predicted octanol–water partition coefficient (Wildman–Crippen LogP) is 3.83. The molecular formula is C16H15F3N2S. The maximum Gasteiger partial charge on any atom is 0.167 e. The lowest BCUT2D eigenvalue weighted by Crippen LogP contribution is -2.36. The Morgan fingerprint density at radius 2 is 1.73 bits per heavy atom. The van der Waals surface area contributed by atoms with Crippen LogP contribution in [0.5, 0.6) is 0 Å². The summed E-state index contributed by atoms with van der Waals surface area (Å²) in [7, 11) is 0. The van der Waals surface area contributed by atoms with E-state index in [4.69, 9.17) is 12.2 Å². The van der Waals surface area contributed by atoms with Crippen LogP contribution in [0.3, 0.4) is 0 Å². The lowest BCUT2D eigenvalue weighted by molar-refractivity contribution is 0.505. The average molecular weight is 324 g/mol. The second-order valence-corrected chi connectivity index (χ2v) is 5.26.